The molecule has 0 aliphatic heterocycles. The third kappa shape index (κ3) is 1.96. The van der Waals surface area contributed by atoms with Crippen LogP contribution < -0.4 is 0 Å². The van der Waals surface area contributed by atoms with Crippen LogP contribution in [0.2, 0.25) is 0 Å². The second-order valence-corrected chi connectivity index (χ2v) is 2.78. The fraction of sp³-hybridized carbons (Fsp3) is 0.200. The first-order valence-electron chi connectivity index (χ1n) is 3.95. The van der Waals surface area contributed by atoms with Gasteiger partial charge in [0.2, 0.25) is 0 Å². The summed E-state index contributed by atoms with van der Waals surface area (Å²) in [5.74, 6) is -2.13. The van der Waals surface area contributed by atoms with Crippen molar-refractivity contribution in [2.75, 3.05) is 7.11 Å². The average molecular weight is 196 g/mol. The van der Waals surface area contributed by atoms with Gasteiger partial charge in [0.15, 0.2) is 0 Å². The molecule has 1 aromatic rings. The number of hydrogen-bond acceptors (Lipinski definition) is 3. The summed E-state index contributed by atoms with van der Waals surface area (Å²) in [5.41, 5.74) is 0.454. The van der Waals surface area contributed by atoms with Gasteiger partial charge in [0, 0.05) is 5.56 Å². The number of hydrogen-bond donors (Lipinski definition) is 0. The maximum absolute atomic E-state index is 12.8. The minimum atomic E-state index is -0.948. The molecular weight excluding hydrogens is 187 g/mol. The summed E-state index contributed by atoms with van der Waals surface area (Å²) < 4.78 is 17.1. The van der Waals surface area contributed by atoms with Crippen molar-refractivity contribution in [2.45, 2.75) is 6.92 Å². The first kappa shape index (κ1) is 10.4. The van der Waals surface area contributed by atoms with E-state index in [1.165, 1.54) is 19.1 Å². The molecule has 1 rings (SSSR count). The molecule has 0 saturated heterocycles. The second kappa shape index (κ2) is 4.00. The number of ketones is 1. The number of carbonyl (C=O) groups excluding carboxylic acids is 2. The van der Waals surface area contributed by atoms with Gasteiger partial charge in [0.25, 0.3) is 5.78 Å². The van der Waals surface area contributed by atoms with E-state index in [4.69, 9.17) is 0 Å². The number of ether oxygens (including phenoxy) is 1. The van der Waals surface area contributed by atoms with Crippen LogP contribution in [0.1, 0.15) is 15.9 Å². The molecule has 3 nitrogen and oxygen atoms in total. The second-order valence-electron chi connectivity index (χ2n) is 2.78. The number of rotatable bonds is 2. The molecular formula is C10H9FO3. The van der Waals surface area contributed by atoms with Crippen LogP contribution in [0, 0.1) is 12.7 Å². The molecule has 74 valence electrons. The van der Waals surface area contributed by atoms with Crippen LogP contribution in [0.5, 0.6) is 0 Å². The zero-order chi connectivity index (χ0) is 10.7. The van der Waals surface area contributed by atoms with Crippen molar-refractivity contribution in [3.8, 4) is 0 Å². The molecule has 0 aliphatic carbocycles. The van der Waals surface area contributed by atoms with Crippen molar-refractivity contribution >= 4 is 11.8 Å². The first-order valence-corrected chi connectivity index (χ1v) is 3.95. The van der Waals surface area contributed by atoms with Crippen molar-refractivity contribution in [2.24, 2.45) is 0 Å². The van der Waals surface area contributed by atoms with E-state index in [2.05, 4.69) is 4.74 Å². The zero-order valence-electron chi connectivity index (χ0n) is 7.83. The monoisotopic (exact) mass is 196 g/mol. The topological polar surface area (TPSA) is 43.4 Å². The van der Waals surface area contributed by atoms with Crippen LogP contribution in [0.4, 0.5) is 4.39 Å². The third-order valence-electron chi connectivity index (χ3n) is 1.79. The summed E-state index contributed by atoms with van der Waals surface area (Å²) in [5, 5.41) is 0. The van der Waals surface area contributed by atoms with E-state index in [1.807, 2.05) is 0 Å². The minimum absolute atomic E-state index is 0.135. The Morgan fingerprint density at radius 2 is 2.00 bits per heavy atom. The fourth-order valence-electron chi connectivity index (χ4n) is 0.996. The molecule has 1 aromatic carbocycles. The van der Waals surface area contributed by atoms with Crippen LogP contribution in [0.25, 0.3) is 0 Å². The average Bonchev–Trinajstić information content (AvgIpc) is 2.20. The molecule has 0 bridgehead atoms. The number of esters is 1. The van der Waals surface area contributed by atoms with E-state index in [0.29, 0.717) is 5.56 Å². The number of carbonyl (C=O) groups is 2. The number of aryl methyl sites for hydroxylation is 1. The molecule has 0 spiro atoms. The highest BCUT2D eigenvalue weighted by atomic mass is 19.1. The number of benzene rings is 1. The maximum Gasteiger partial charge on any atom is 0.379 e. The van der Waals surface area contributed by atoms with Crippen molar-refractivity contribution in [1.29, 1.82) is 0 Å². The number of halogens is 1. The van der Waals surface area contributed by atoms with Crippen LogP contribution in [0.15, 0.2) is 18.2 Å². The standard InChI is InChI=1S/C10H9FO3/c1-6-5-7(3-4-8(6)11)9(12)10(13)14-2/h3-5H,1-2H3. The molecule has 0 radical (unpaired) electrons. The van der Waals surface area contributed by atoms with E-state index < -0.39 is 17.6 Å². The molecule has 0 aromatic heterocycles. The predicted octanol–water partition coefficient (Wildman–Crippen LogP) is 1.49. The molecule has 0 atom stereocenters. The number of methoxy groups -OCH3 is 1. The quantitative estimate of drug-likeness (QED) is 0.409. The molecule has 0 N–H and O–H groups in total. The minimum Gasteiger partial charge on any atom is -0.463 e. The van der Waals surface area contributed by atoms with Gasteiger partial charge >= 0.3 is 5.97 Å². The molecule has 0 heterocycles. The summed E-state index contributed by atoms with van der Waals surface area (Å²) >= 11 is 0. The highest BCUT2D eigenvalue weighted by Crippen LogP contribution is 2.10. The van der Waals surface area contributed by atoms with Crippen molar-refractivity contribution in [3.63, 3.8) is 0 Å². The molecule has 0 fully saturated rings. The highest BCUT2D eigenvalue weighted by Gasteiger charge is 2.16. The molecule has 14 heavy (non-hydrogen) atoms. The molecule has 0 amide bonds. The van der Waals surface area contributed by atoms with Gasteiger partial charge in [-0.2, -0.15) is 0 Å². The van der Waals surface area contributed by atoms with Crippen LogP contribution in [0.3, 0.4) is 0 Å². The summed E-state index contributed by atoms with van der Waals surface area (Å²) in [4.78, 5) is 22.1. The number of Topliss-reactive ketones (excluding diaryl/α,β-unsaturated/α-hetero) is 1. The van der Waals surface area contributed by atoms with E-state index in [0.717, 1.165) is 13.2 Å². The maximum atomic E-state index is 12.8. The Morgan fingerprint density at radius 3 is 2.50 bits per heavy atom. The van der Waals surface area contributed by atoms with Crippen LogP contribution in [-0.2, 0) is 9.53 Å². The van der Waals surface area contributed by atoms with Crippen LogP contribution >= 0.6 is 0 Å². The third-order valence-corrected chi connectivity index (χ3v) is 1.79. The lowest BCUT2D eigenvalue weighted by Crippen LogP contribution is -2.15. The van der Waals surface area contributed by atoms with Gasteiger partial charge in [-0.3, -0.25) is 4.79 Å². The predicted molar refractivity (Wildman–Crippen MR) is 47.5 cm³/mol. The summed E-state index contributed by atoms with van der Waals surface area (Å²) in [6, 6.07) is 3.71. The lowest BCUT2D eigenvalue weighted by molar-refractivity contribution is -0.135. The lowest BCUT2D eigenvalue weighted by atomic mass is 10.1. The van der Waals surface area contributed by atoms with Crippen molar-refractivity contribution in [3.05, 3.63) is 35.1 Å². The first-order chi connectivity index (χ1) is 6.56. The highest BCUT2D eigenvalue weighted by molar-refractivity contribution is 6.40. The van der Waals surface area contributed by atoms with E-state index in [1.54, 1.807) is 0 Å². The van der Waals surface area contributed by atoms with Gasteiger partial charge in [-0.1, -0.05) is 0 Å². The normalized spacial score (nSPS) is 9.64. The SMILES string of the molecule is COC(=O)C(=O)c1ccc(F)c(C)c1. The molecule has 4 heteroatoms. The summed E-state index contributed by atoms with van der Waals surface area (Å²) in [6.45, 7) is 1.52. The van der Waals surface area contributed by atoms with E-state index in [-0.39, 0.29) is 5.56 Å². The smallest absolute Gasteiger partial charge is 0.379 e. The van der Waals surface area contributed by atoms with Crippen LogP contribution in [-0.4, -0.2) is 18.9 Å². The van der Waals surface area contributed by atoms with Gasteiger partial charge in [-0.05, 0) is 30.7 Å². The van der Waals surface area contributed by atoms with Gasteiger partial charge in [0.1, 0.15) is 5.82 Å². The Kier molecular flexibility index (Phi) is 2.96. The fourth-order valence-corrected chi connectivity index (χ4v) is 0.996. The zero-order valence-corrected chi connectivity index (χ0v) is 7.83. The molecule has 0 saturated carbocycles. The van der Waals surface area contributed by atoms with Crippen molar-refractivity contribution in [1.82, 2.24) is 0 Å². The van der Waals surface area contributed by atoms with Gasteiger partial charge in [-0.15, -0.1) is 0 Å². The molecule has 0 unspecified atom stereocenters. The van der Waals surface area contributed by atoms with Gasteiger partial charge in [-0.25, -0.2) is 9.18 Å². The van der Waals surface area contributed by atoms with Crippen molar-refractivity contribution < 1.29 is 18.7 Å². The molecule has 0 aliphatic rings. The largest absolute Gasteiger partial charge is 0.463 e. The van der Waals surface area contributed by atoms with Gasteiger partial charge in [0.05, 0.1) is 7.11 Å². The van der Waals surface area contributed by atoms with Gasteiger partial charge < -0.3 is 4.74 Å². The Balaban J connectivity index is 3.03. The summed E-state index contributed by atoms with van der Waals surface area (Å²) in [7, 11) is 1.12. The Morgan fingerprint density at radius 1 is 1.36 bits per heavy atom. The van der Waals surface area contributed by atoms with E-state index in [9.17, 15) is 14.0 Å². The van der Waals surface area contributed by atoms with E-state index >= 15 is 0 Å². The summed E-state index contributed by atoms with van der Waals surface area (Å²) in [6.07, 6.45) is 0. The Hall–Kier alpha value is -1.71. The lowest BCUT2D eigenvalue weighted by Gasteiger charge is -2.00. The Labute approximate surface area is 80.5 Å². The Bertz CT molecular complexity index is 385.